The van der Waals surface area contributed by atoms with Crippen LogP contribution in [0.5, 0.6) is 0 Å². The molecule has 0 N–H and O–H groups in total. The molecule has 0 aromatic heterocycles. The second-order valence-corrected chi connectivity index (χ2v) is 9.70. The van der Waals surface area contributed by atoms with E-state index in [0.717, 1.165) is 0 Å². The maximum absolute atomic E-state index is 6.00. The van der Waals surface area contributed by atoms with Crippen LogP contribution in [0.2, 0.25) is 19.1 Å². The predicted octanol–water partition coefficient (Wildman–Crippen LogP) is 4.98. The van der Waals surface area contributed by atoms with Crippen LogP contribution in [0.15, 0.2) is 0 Å². The lowest BCUT2D eigenvalue weighted by molar-refractivity contribution is 0.230. The quantitative estimate of drug-likeness (QED) is 0.401. The second kappa shape index (κ2) is 8.34. The van der Waals surface area contributed by atoms with Crippen molar-refractivity contribution < 1.29 is 4.43 Å². The standard InChI is InChI=1S/C13H30OSi/c1-6-7-8-9-10-11-12-15(4,5)14-13(2)3/h13H,6-12H2,1-5H3. The molecule has 0 aliphatic carbocycles. The van der Waals surface area contributed by atoms with Crippen molar-refractivity contribution in [1.29, 1.82) is 0 Å². The smallest absolute Gasteiger partial charge is 0.187 e. The first-order valence-electron chi connectivity index (χ1n) is 6.66. The molecule has 0 aliphatic heterocycles. The Balaban J connectivity index is 3.40. The highest BCUT2D eigenvalue weighted by Crippen LogP contribution is 2.18. The summed E-state index contributed by atoms with van der Waals surface area (Å²) in [6.07, 6.45) is 8.77. The van der Waals surface area contributed by atoms with Gasteiger partial charge in [0.25, 0.3) is 0 Å². The van der Waals surface area contributed by atoms with Crippen molar-refractivity contribution in [1.82, 2.24) is 0 Å². The van der Waals surface area contributed by atoms with Crippen LogP contribution in [0.1, 0.15) is 59.3 Å². The molecule has 0 spiro atoms. The molecular formula is C13H30OSi. The van der Waals surface area contributed by atoms with E-state index in [-0.39, 0.29) is 0 Å². The fraction of sp³-hybridized carbons (Fsp3) is 1.00. The van der Waals surface area contributed by atoms with Gasteiger partial charge in [0, 0.05) is 6.10 Å². The summed E-state index contributed by atoms with van der Waals surface area (Å²) in [4.78, 5) is 0. The molecule has 0 saturated carbocycles. The van der Waals surface area contributed by atoms with Crippen molar-refractivity contribution in [3.05, 3.63) is 0 Å². The average molecular weight is 230 g/mol. The number of unbranched alkanes of at least 4 members (excludes halogenated alkanes) is 5. The molecule has 0 fully saturated rings. The van der Waals surface area contributed by atoms with Crippen molar-refractivity contribution in [2.45, 2.75) is 84.5 Å². The Hall–Kier alpha value is 0.177. The summed E-state index contributed by atoms with van der Waals surface area (Å²) in [6.45, 7) is 11.3. The normalized spacial score (nSPS) is 12.4. The van der Waals surface area contributed by atoms with Crippen LogP contribution >= 0.6 is 0 Å². The van der Waals surface area contributed by atoms with Crippen LogP contribution in [0.3, 0.4) is 0 Å². The SMILES string of the molecule is CCCCCCCC[Si](C)(C)OC(C)C. The van der Waals surface area contributed by atoms with Gasteiger partial charge >= 0.3 is 0 Å². The summed E-state index contributed by atoms with van der Waals surface area (Å²) < 4.78 is 6.00. The van der Waals surface area contributed by atoms with Crippen molar-refractivity contribution in [2.24, 2.45) is 0 Å². The molecule has 0 rings (SSSR count). The van der Waals surface area contributed by atoms with Crippen molar-refractivity contribution >= 4 is 8.32 Å². The minimum Gasteiger partial charge on any atom is -0.415 e. The first kappa shape index (κ1) is 15.2. The van der Waals surface area contributed by atoms with Crippen LogP contribution in [0.25, 0.3) is 0 Å². The molecule has 0 heterocycles. The van der Waals surface area contributed by atoms with E-state index >= 15 is 0 Å². The van der Waals surface area contributed by atoms with Crippen LogP contribution < -0.4 is 0 Å². The summed E-state index contributed by atoms with van der Waals surface area (Å²) in [6, 6.07) is 1.33. The van der Waals surface area contributed by atoms with Crippen LogP contribution in [-0.2, 0) is 4.43 Å². The van der Waals surface area contributed by atoms with E-state index in [1.54, 1.807) is 0 Å². The molecule has 0 aliphatic rings. The summed E-state index contributed by atoms with van der Waals surface area (Å²) in [5.41, 5.74) is 0. The topological polar surface area (TPSA) is 9.23 Å². The van der Waals surface area contributed by atoms with Gasteiger partial charge in [-0.05, 0) is 33.0 Å². The van der Waals surface area contributed by atoms with Gasteiger partial charge in [0.15, 0.2) is 8.32 Å². The monoisotopic (exact) mass is 230 g/mol. The zero-order valence-electron chi connectivity index (χ0n) is 11.4. The van der Waals surface area contributed by atoms with Crippen molar-refractivity contribution in [2.75, 3.05) is 0 Å². The minimum absolute atomic E-state index is 0.409. The Morgan fingerprint density at radius 1 is 0.933 bits per heavy atom. The lowest BCUT2D eigenvalue weighted by atomic mass is 10.1. The predicted molar refractivity (Wildman–Crippen MR) is 71.9 cm³/mol. The average Bonchev–Trinajstić information content (AvgIpc) is 2.08. The highest BCUT2D eigenvalue weighted by molar-refractivity contribution is 6.71. The van der Waals surface area contributed by atoms with Gasteiger partial charge in [-0.1, -0.05) is 45.4 Å². The van der Waals surface area contributed by atoms with Gasteiger partial charge in [0.2, 0.25) is 0 Å². The molecule has 1 nitrogen and oxygen atoms in total. The van der Waals surface area contributed by atoms with E-state index < -0.39 is 8.32 Å². The molecule has 0 atom stereocenters. The van der Waals surface area contributed by atoms with Gasteiger partial charge in [0.05, 0.1) is 0 Å². The van der Waals surface area contributed by atoms with Gasteiger partial charge in [-0.3, -0.25) is 0 Å². The zero-order chi connectivity index (χ0) is 11.7. The third-order valence-corrected chi connectivity index (χ3v) is 5.35. The Morgan fingerprint density at radius 3 is 2.00 bits per heavy atom. The van der Waals surface area contributed by atoms with Crippen LogP contribution in [0.4, 0.5) is 0 Å². The minimum atomic E-state index is -1.33. The lowest BCUT2D eigenvalue weighted by Gasteiger charge is -2.25. The Labute approximate surface area is 97.7 Å². The third-order valence-electron chi connectivity index (χ3n) is 2.69. The maximum atomic E-state index is 6.00. The molecule has 0 aromatic carbocycles. The maximum Gasteiger partial charge on any atom is 0.187 e. The molecule has 0 unspecified atom stereocenters. The van der Waals surface area contributed by atoms with E-state index in [2.05, 4.69) is 33.9 Å². The molecule has 15 heavy (non-hydrogen) atoms. The van der Waals surface area contributed by atoms with Gasteiger partial charge in [0.1, 0.15) is 0 Å². The number of hydrogen-bond donors (Lipinski definition) is 0. The first-order chi connectivity index (χ1) is 6.98. The fourth-order valence-electron chi connectivity index (χ4n) is 2.03. The molecular weight excluding hydrogens is 200 g/mol. The molecule has 92 valence electrons. The molecule has 0 radical (unpaired) electrons. The number of hydrogen-bond acceptors (Lipinski definition) is 1. The van der Waals surface area contributed by atoms with Gasteiger partial charge in [-0.15, -0.1) is 0 Å². The van der Waals surface area contributed by atoms with Crippen molar-refractivity contribution in [3.63, 3.8) is 0 Å². The van der Waals surface area contributed by atoms with Crippen LogP contribution in [0, 0.1) is 0 Å². The van der Waals surface area contributed by atoms with Gasteiger partial charge in [-0.25, -0.2) is 0 Å². The molecule has 2 heteroatoms. The molecule has 0 saturated heterocycles. The Morgan fingerprint density at radius 2 is 1.47 bits per heavy atom. The zero-order valence-corrected chi connectivity index (χ0v) is 12.4. The van der Waals surface area contributed by atoms with E-state index in [1.165, 1.54) is 44.6 Å². The molecule has 0 bridgehead atoms. The summed E-state index contributed by atoms with van der Waals surface area (Å²) in [5.74, 6) is 0. The highest BCUT2D eigenvalue weighted by Gasteiger charge is 2.22. The van der Waals surface area contributed by atoms with Gasteiger partial charge in [-0.2, -0.15) is 0 Å². The molecule has 0 aromatic rings. The second-order valence-electron chi connectivity index (χ2n) is 5.44. The summed E-state index contributed by atoms with van der Waals surface area (Å²) >= 11 is 0. The van der Waals surface area contributed by atoms with Crippen LogP contribution in [-0.4, -0.2) is 14.4 Å². The number of rotatable bonds is 9. The third kappa shape index (κ3) is 10.5. The van der Waals surface area contributed by atoms with E-state index in [4.69, 9.17) is 4.43 Å². The largest absolute Gasteiger partial charge is 0.415 e. The Kier molecular flexibility index (Phi) is 8.44. The lowest BCUT2D eigenvalue weighted by Crippen LogP contribution is -2.33. The summed E-state index contributed by atoms with van der Waals surface area (Å²) in [7, 11) is -1.33. The fourth-order valence-corrected chi connectivity index (χ4v) is 4.52. The van der Waals surface area contributed by atoms with E-state index in [0.29, 0.717) is 6.10 Å². The van der Waals surface area contributed by atoms with E-state index in [9.17, 15) is 0 Å². The first-order valence-corrected chi connectivity index (χ1v) is 9.77. The highest BCUT2D eigenvalue weighted by atomic mass is 28.4. The molecule has 0 amide bonds. The van der Waals surface area contributed by atoms with Crippen molar-refractivity contribution in [3.8, 4) is 0 Å². The van der Waals surface area contributed by atoms with Gasteiger partial charge < -0.3 is 4.43 Å². The Bertz CT molecular complexity index is 143. The van der Waals surface area contributed by atoms with E-state index in [1.807, 2.05) is 0 Å². The summed E-state index contributed by atoms with van der Waals surface area (Å²) in [5, 5.41) is 0.